The van der Waals surface area contributed by atoms with E-state index in [4.69, 9.17) is 23.2 Å². The van der Waals surface area contributed by atoms with Gasteiger partial charge in [0.15, 0.2) is 0 Å². The summed E-state index contributed by atoms with van der Waals surface area (Å²) in [5.41, 5.74) is 2.55. The highest BCUT2D eigenvalue weighted by Crippen LogP contribution is 2.15. The van der Waals surface area contributed by atoms with E-state index in [0.717, 1.165) is 11.3 Å². The number of rotatable bonds is 5. The highest BCUT2D eigenvalue weighted by atomic mass is 35.5. The van der Waals surface area contributed by atoms with Gasteiger partial charge in [0.1, 0.15) is 11.0 Å². The van der Waals surface area contributed by atoms with Crippen LogP contribution in [0.3, 0.4) is 0 Å². The van der Waals surface area contributed by atoms with Crippen LogP contribution in [0.4, 0.5) is 5.69 Å². The van der Waals surface area contributed by atoms with Crippen molar-refractivity contribution in [3.05, 3.63) is 65.7 Å². The van der Waals surface area contributed by atoms with Gasteiger partial charge in [0.2, 0.25) is 0 Å². The SMILES string of the molecule is Cc1ccc(NC(NC(=O)c2ccccc2)C(Cl)Cl)cc1. The topological polar surface area (TPSA) is 41.1 Å². The minimum absolute atomic E-state index is 0.230. The average molecular weight is 323 g/mol. The average Bonchev–Trinajstić information content (AvgIpc) is 2.49. The van der Waals surface area contributed by atoms with E-state index >= 15 is 0 Å². The third-order valence-electron chi connectivity index (χ3n) is 2.95. The van der Waals surface area contributed by atoms with Gasteiger partial charge in [0.05, 0.1) is 0 Å². The van der Waals surface area contributed by atoms with Gasteiger partial charge in [-0.05, 0) is 31.2 Å². The third kappa shape index (κ3) is 4.66. The van der Waals surface area contributed by atoms with E-state index in [0.29, 0.717) is 5.56 Å². The molecule has 5 heteroatoms. The van der Waals surface area contributed by atoms with Crippen molar-refractivity contribution in [1.82, 2.24) is 5.32 Å². The molecule has 0 bridgehead atoms. The zero-order valence-corrected chi connectivity index (χ0v) is 13.0. The van der Waals surface area contributed by atoms with Crippen molar-refractivity contribution >= 4 is 34.8 Å². The minimum Gasteiger partial charge on any atom is -0.363 e. The van der Waals surface area contributed by atoms with Gasteiger partial charge in [-0.1, -0.05) is 35.9 Å². The Balaban J connectivity index is 2.06. The Morgan fingerprint density at radius 2 is 1.62 bits per heavy atom. The van der Waals surface area contributed by atoms with Gasteiger partial charge in [-0.15, -0.1) is 23.2 Å². The van der Waals surface area contributed by atoms with Gasteiger partial charge in [-0.3, -0.25) is 4.79 Å². The zero-order valence-electron chi connectivity index (χ0n) is 11.5. The molecule has 0 saturated carbocycles. The lowest BCUT2D eigenvalue weighted by Gasteiger charge is -2.22. The van der Waals surface area contributed by atoms with Crippen LogP contribution in [-0.4, -0.2) is 16.9 Å². The molecular formula is C16H16Cl2N2O. The molecule has 0 heterocycles. The van der Waals surface area contributed by atoms with Gasteiger partial charge in [-0.25, -0.2) is 0 Å². The summed E-state index contributed by atoms with van der Waals surface area (Å²) in [6.07, 6.45) is -0.580. The number of anilines is 1. The van der Waals surface area contributed by atoms with E-state index in [1.54, 1.807) is 24.3 Å². The first kappa shape index (κ1) is 15.7. The number of amides is 1. The highest BCUT2D eigenvalue weighted by molar-refractivity contribution is 6.45. The Bertz CT molecular complexity index is 585. The lowest BCUT2D eigenvalue weighted by molar-refractivity contribution is 0.0943. The number of halogens is 2. The Kier molecular flexibility index (Phi) is 5.48. The maximum atomic E-state index is 12.1. The number of aryl methyl sites for hydroxylation is 1. The van der Waals surface area contributed by atoms with Crippen LogP contribution >= 0.6 is 23.2 Å². The van der Waals surface area contributed by atoms with Crippen molar-refractivity contribution in [1.29, 1.82) is 0 Å². The fraction of sp³-hybridized carbons (Fsp3) is 0.188. The summed E-state index contributed by atoms with van der Waals surface area (Å²) in [5.74, 6) is -0.230. The summed E-state index contributed by atoms with van der Waals surface area (Å²) in [7, 11) is 0. The standard InChI is InChI=1S/C16H16Cl2N2O/c1-11-7-9-13(10-8-11)19-15(14(17)18)20-16(21)12-5-3-2-4-6-12/h2-10,14-15,19H,1H3,(H,20,21). The molecule has 1 unspecified atom stereocenters. The molecule has 1 atom stereocenters. The van der Waals surface area contributed by atoms with Crippen LogP contribution in [0.5, 0.6) is 0 Å². The van der Waals surface area contributed by atoms with E-state index in [9.17, 15) is 4.79 Å². The van der Waals surface area contributed by atoms with Crippen molar-refractivity contribution in [3.8, 4) is 0 Å². The number of hydrogen-bond acceptors (Lipinski definition) is 2. The largest absolute Gasteiger partial charge is 0.363 e. The van der Waals surface area contributed by atoms with E-state index in [1.165, 1.54) is 0 Å². The molecule has 0 radical (unpaired) electrons. The maximum absolute atomic E-state index is 12.1. The molecule has 0 aliphatic heterocycles. The number of carbonyl (C=O) groups is 1. The molecule has 0 aliphatic rings. The van der Waals surface area contributed by atoms with Crippen LogP contribution in [0.2, 0.25) is 0 Å². The second kappa shape index (κ2) is 7.34. The fourth-order valence-corrected chi connectivity index (χ4v) is 2.06. The van der Waals surface area contributed by atoms with Crippen LogP contribution in [0.1, 0.15) is 15.9 Å². The van der Waals surface area contributed by atoms with Crippen LogP contribution in [0.15, 0.2) is 54.6 Å². The minimum atomic E-state index is -0.779. The van der Waals surface area contributed by atoms with Crippen molar-refractivity contribution < 1.29 is 4.79 Å². The molecule has 2 aromatic carbocycles. The highest BCUT2D eigenvalue weighted by Gasteiger charge is 2.19. The molecule has 21 heavy (non-hydrogen) atoms. The van der Waals surface area contributed by atoms with Gasteiger partial charge >= 0.3 is 0 Å². The monoisotopic (exact) mass is 322 g/mol. The lowest BCUT2D eigenvalue weighted by Crippen LogP contribution is -2.44. The molecule has 1 amide bonds. The first-order chi connectivity index (χ1) is 10.1. The molecule has 2 aromatic rings. The summed E-state index contributed by atoms with van der Waals surface area (Å²) in [6.45, 7) is 2.00. The van der Waals surface area contributed by atoms with Crippen molar-refractivity contribution in [3.63, 3.8) is 0 Å². The lowest BCUT2D eigenvalue weighted by atomic mass is 10.2. The predicted molar refractivity (Wildman–Crippen MR) is 88.0 cm³/mol. The summed E-state index contributed by atoms with van der Waals surface area (Å²) >= 11 is 11.9. The van der Waals surface area contributed by atoms with Gasteiger partial charge in [0.25, 0.3) is 5.91 Å². The summed E-state index contributed by atoms with van der Waals surface area (Å²) in [6, 6.07) is 16.7. The Morgan fingerprint density at radius 1 is 1.00 bits per heavy atom. The fourth-order valence-electron chi connectivity index (χ4n) is 1.81. The Labute approximate surface area is 134 Å². The first-order valence-corrected chi connectivity index (χ1v) is 7.41. The van der Waals surface area contributed by atoms with Gasteiger partial charge in [0, 0.05) is 11.3 Å². The number of carbonyl (C=O) groups excluding carboxylic acids is 1. The predicted octanol–water partition coefficient (Wildman–Crippen LogP) is 3.97. The Morgan fingerprint density at radius 3 is 2.19 bits per heavy atom. The zero-order chi connectivity index (χ0) is 15.2. The van der Waals surface area contributed by atoms with Crippen LogP contribution in [0, 0.1) is 6.92 Å². The number of hydrogen-bond donors (Lipinski definition) is 2. The van der Waals surface area contributed by atoms with Crippen molar-refractivity contribution in [2.24, 2.45) is 0 Å². The van der Waals surface area contributed by atoms with E-state index in [2.05, 4.69) is 10.6 Å². The molecule has 0 fully saturated rings. The second-order valence-corrected chi connectivity index (χ2v) is 5.83. The third-order valence-corrected chi connectivity index (χ3v) is 3.45. The quantitative estimate of drug-likeness (QED) is 0.646. The summed E-state index contributed by atoms with van der Waals surface area (Å²) < 4.78 is 0. The van der Waals surface area contributed by atoms with Gasteiger partial charge in [-0.2, -0.15) is 0 Å². The number of alkyl halides is 2. The molecule has 0 saturated heterocycles. The van der Waals surface area contributed by atoms with E-state index in [-0.39, 0.29) is 5.91 Å². The molecule has 2 N–H and O–H groups in total. The molecular weight excluding hydrogens is 307 g/mol. The number of nitrogens with one attached hydrogen (secondary N) is 2. The van der Waals surface area contributed by atoms with Crippen molar-refractivity contribution in [2.45, 2.75) is 17.9 Å². The summed E-state index contributed by atoms with van der Waals surface area (Å²) in [5, 5.41) is 5.89. The molecule has 2 rings (SSSR count). The maximum Gasteiger partial charge on any atom is 0.252 e. The summed E-state index contributed by atoms with van der Waals surface area (Å²) in [4.78, 5) is 11.4. The first-order valence-electron chi connectivity index (χ1n) is 6.53. The van der Waals surface area contributed by atoms with Crippen molar-refractivity contribution in [2.75, 3.05) is 5.32 Å². The number of benzene rings is 2. The molecule has 110 valence electrons. The van der Waals surface area contributed by atoms with Crippen LogP contribution in [-0.2, 0) is 0 Å². The smallest absolute Gasteiger partial charge is 0.252 e. The van der Waals surface area contributed by atoms with Crippen LogP contribution in [0.25, 0.3) is 0 Å². The van der Waals surface area contributed by atoms with Gasteiger partial charge < -0.3 is 10.6 Å². The molecule has 3 nitrogen and oxygen atoms in total. The van der Waals surface area contributed by atoms with Crippen LogP contribution < -0.4 is 10.6 Å². The Hall–Kier alpha value is -1.71. The molecule has 0 spiro atoms. The molecule has 0 aromatic heterocycles. The van der Waals surface area contributed by atoms with E-state index < -0.39 is 11.0 Å². The second-order valence-electron chi connectivity index (χ2n) is 4.66. The molecule has 0 aliphatic carbocycles. The van der Waals surface area contributed by atoms with E-state index in [1.807, 2.05) is 37.3 Å². The normalized spacial score (nSPS) is 12.0.